The van der Waals surface area contributed by atoms with Gasteiger partial charge in [0.25, 0.3) is 0 Å². The van der Waals surface area contributed by atoms with Gasteiger partial charge in [-0.1, -0.05) is 0 Å². The number of nitrogens with zero attached hydrogens (tertiary/aromatic N) is 2. The van der Waals surface area contributed by atoms with Crippen LogP contribution in [0.2, 0.25) is 0 Å². The van der Waals surface area contributed by atoms with E-state index in [4.69, 9.17) is 5.73 Å². The van der Waals surface area contributed by atoms with E-state index in [1.807, 2.05) is 6.92 Å². The van der Waals surface area contributed by atoms with Gasteiger partial charge in [-0.3, -0.25) is 4.90 Å². The van der Waals surface area contributed by atoms with Crippen molar-refractivity contribution in [3.63, 3.8) is 0 Å². The van der Waals surface area contributed by atoms with E-state index in [0.717, 1.165) is 26.2 Å². The molecule has 0 aromatic rings. The lowest BCUT2D eigenvalue weighted by Gasteiger charge is -2.38. The Kier molecular flexibility index (Phi) is 4.12. The third kappa shape index (κ3) is 2.91. The number of aliphatic hydroxyl groups excluding tert-OH is 1. The summed E-state index contributed by atoms with van der Waals surface area (Å²) in [4.78, 5) is 4.58. The molecular formula is C9H21N3O. The summed E-state index contributed by atoms with van der Waals surface area (Å²) in [6.07, 6.45) is 0. The van der Waals surface area contributed by atoms with Crippen molar-refractivity contribution in [2.75, 3.05) is 39.8 Å². The van der Waals surface area contributed by atoms with Crippen LogP contribution in [0.3, 0.4) is 0 Å². The Labute approximate surface area is 80.3 Å². The molecule has 1 heterocycles. The highest BCUT2D eigenvalue weighted by atomic mass is 16.3. The Hall–Kier alpha value is -0.160. The minimum Gasteiger partial charge on any atom is -0.395 e. The van der Waals surface area contributed by atoms with Crippen molar-refractivity contribution in [1.29, 1.82) is 0 Å². The quantitative estimate of drug-likeness (QED) is 0.591. The molecule has 0 bridgehead atoms. The zero-order chi connectivity index (χ0) is 9.84. The number of hydrogen-bond donors (Lipinski definition) is 2. The summed E-state index contributed by atoms with van der Waals surface area (Å²) in [6.45, 7) is 6.31. The Morgan fingerprint density at radius 2 is 1.85 bits per heavy atom. The highest BCUT2D eigenvalue weighted by Gasteiger charge is 2.24. The maximum atomic E-state index is 9.18. The fraction of sp³-hybridized carbons (Fsp3) is 1.00. The number of aliphatic hydroxyl groups is 1. The van der Waals surface area contributed by atoms with Crippen LogP contribution in [0, 0.1) is 0 Å². The zero-order valence-corrected chi connectivity index (χ0v) is 8.61. The number of nitrogens with two attached hydrogens (primary N) is 1. The molecule has 3 N–H and O–H groups in total. The van der Waals surface area contributed by atoms with Crippen LogP contribution in [0.4, 0.5) is 0 Å². The van der Waals surface area contributed by atoms with E-state index in [1.165, 1.54) is 0 Å². The molecule has 4 heteroatoms. The van der Waals surface area contributed by atoms with Gasteiger partial charge in [-0.15, -0.1) is 0 Å². The fourth-order valence-electron chi connectivity index (χ4n) is 1.77. The lowest BCUT2D eigenvalue weighted by atomic mass is 10.1. The molecule has 1 aliphatic heterocycles. The van der Waals surface area contributed by atoms with Crippen molar-refractivity contribution in [1.82, 2.24) is 9.80 Å². The molecule has 2 atom stereocenters. The summed E-state index contributed by atoms with van der Waals surface area (Å²) in [5.74, 6) is 0. The first-order chi connectivity index (χ1) is 6.15. The third-order valence-corrected chi connectivity index (χ3v) is 2.80. The Bertz CT molecular complexity index is 144. The van der Waals surface area contributed by atoms with Crippen molar-refractivity contribution in [3.8, 4) is 0 Å². The second-order valence-corrected chi connectivity index (χ2v) is 3.95. The first kappa shape index (κ1) is 10.9. The minimum atomic E-state index is 0.0495. The lowest BCUT2D eigenvalue weighted by Crippen LogP contribution is -2.55. The summed E-state index contributed by atoms with van der Waals surface area (Å²) < 4.78 is 0. The average Bonchev–Trinajstić information content (AvgIpc) is 2.09. The van der Waals surface area contributed by atoms with E-state index in [9.17, 15) is 5.11 Å². The van der Waals surface area contributed by atoms with E-state index in [1.54, 1.807) is 0 Å². The van der Waals surface area contributed by atoms with Gasteiger partial charge < -0.3 is 15.7 Å². The second kappa shape index (κ2) is 4.91. The van der Waals surface area contributed by atoms with Crippen molar-refractivity contribution >= 4 is 0 Å². The third-order valence-electron chi connectivity index (χ3n) is 2.80. The van der Waals surface area contributed by atoms with Crippen molar-refractivity contribution in [2.45, 2.75) is 19.0 Å². The minimum absolute atomic E-state index is 0.0495. The molecule has 0 spiro atoms. The van der Waals surface area contributed by atoms with Crippen LogP contribution in [0.25, 0.3) is 0 Å². The SMILES string of the molecule is CC(N)C(CO)N1CCN(C)CC1. The number of likely N-dealkylation sites (N-methyl/N-ethyl adjacent to an activating group) is 1. The summed E-state index contributed by atoms with van der Waals surface area (Å²) >= 11 is 0. The topological polar surface area (TPSA) is 52.7 Å². The van der Waals surface area contributed by atoms with Gasteiger partial charge in [-0.05, 0) is 14.0 Å². The molecule has 78 valence electrons. The molecule has 0 amide bonds. The molecule has 2 unspecified atom stereocenters. The molecule has 1 rings (SSSR count). The first-order valence-corrected chi connectivity index (χ1v) is 4.94. The van der Waals surface area contributed by atoms with Crippen LogP contribution in [0.5, 0.6) is 0 Å². The van der Waals surface area contributed by atoms with Crippen LogP contribution in [-0.4, -0.2) is 66.8 Å². The van der Waals surface area contributed by atoms with E-state index >= 15 is 0 Å². The molecule has 4 nitrogen and oxygen atoms in total. The standard InChI is InChI=1S/C9H21N3O/c1-8(10)9(7-13)12-5-3-11(2)4-6-12/h8-9,13H,3-7,10H2,1-2H3. The number of hydrogen-bond acceptors (Lipinski definition) is 4. The van der Waals surface area contributed by atoms with Crippen LogP contribution in [0.1, 0.15) is 6.92 Å². The summed E-state index contributed by atoms with van der Waals surface area (Å²) in [5, 5.41) is 9.18. The van der Waals surface area contributed by atoms with E-state index in [-0.39, 0.29) is 18.7 Å². The van der Waals surface area contributed by atoms with E-state index in [2.05, 4.69) is 16.8 Å². The van der Waals surface area contributed by atoms with Gasteiger partial charge >= 0.3 is 0 Å². The Balaban J connectivity index is 2.41. The number of rotatable bonds is 3. The first-order valence-electron chi connectivity index (χ1n) is 4.94. The highest BCUT2D eigenvalue weighted by Crippen LogP contribution is 2.06. The summed E-state index contributed by atoms with van der Waals surface area (Å²) in [5.41, 5.74) is 5.80. The van der Waals surface area contributed by atoms with Gasteiger partial charge in [0, 0.05) is 38.3 Å². The van der Waals surface area contributed by atoms with Gasteiger partial charge in [-0.2, -0.15) is 0 Å². The van der Waals surface area contributed by atoms with Crippen molar-refractivity contribution in [3.05, 3.63) is 0 Å². The molecule has 1 saturated heterocycles. The van der Waals surface area contributed by atoms with Crippen LogP contribution in [-0.2, 0) is 0 Å². The highest BCUT2D eigenvalue weighted by molar-refractivity contribution is 4.82. The second-order valence-electron chi connectivity index (χ2n) is 3.95. The summed E-state index contributed by atoms with van der Waals surface area (Å²) in [6, 6.07) is 0.183. The van der Waals surface area contributed by atoms with Gasteiger partial charge in [0.05, 0.1) is 6.61 Å². The molecule has 0 aromatic heterocycles. The molecule has 0 aliphatic carbocycles. The van der Waals surface area contributed by atoms with Crippen molar-refractivity contribution < 1.29 is 5.11 Å². The lowest BCUT2D eigenvalue weighted by molar-refractivity contribution is 0.0647. The fourth-order valence-corrected chi connectivity index (χ4v) is 1.77. The predicted molar refractivity (Wildman–Crippen MR) is 53.6 cm³/mol. The predicted octanol–water partition coefficient (Wildman–Crippen LogP) is -1.06. The molecular weight excluding hydrogens is 166 g/mol. The maximum Gasteiger partial charge on any atom is 0.0601 e. The average molecular weight is 187 g/mol. The van der Waals surface area contributed by atoms with Crippen LogP contribution in [0.15, 0.2) is 0 Å². The van der Waals surface area contributed by atoms with Gasteiger partial charge in [0.1, 0.15) is 0 Å². The number of piperazine rings is 1. The van der Waals surface area contributed by atoms with E-state index < -0.39 is 0 Å². The van der Waals surface area contributed by atoms with Gasteiger partial charge in [0.15, 0.2) is 0 Å². The van der Waals surface area contributed by atoms with Crippen LogP contribution >= 0.6 is 0 Å². The normalized spacial score (nSPS) is 25.8. The Morgan fingerprint density at radius 3 is 2.23 bits per heavy atom. The van der Waals surface area contributed by atoms with Crippen LogP contribution < -0.4 is 5.73 Å². The largest absolute Gasteiger partial charge is 0.395 e. The Morgan fingerprint density at radius 1 is 1.31 bits per heavy atom. The molecule has 1 fully saturated rings. The summed E-state index contributed by atoms with van der Waals surface area (Å²) in [7, 11) is 2.12. The van der Waals surface area contributed by atoms with Gasteiger partial charge in [0.2, 0.25) is 0 Å². The van der Waals surface area contributed by atoms with Crippen molar-refractivity contribution in [2.24, 2.45) is 5.73 Å². The van der Waals surface area contributed by atoms with E-state index in [0.29, 0.717) is 0 Å². The monoisotopic (exact) mass is 187 g/mol. The molecule has 1 aliphatic rings. The maximum absolute atomic E-state index is 9.18. The van der Waals surface area contributed by atoms with Gasteiger partial charge in [-0.25, -0.2) is 0 Å². The molecule has 0 saturated carbocycles. The molecule has 0 radical (unpaired) electrons. The molecule has 13 heavy (non-hydrogen) atoms. The zero-order valence-electron chi connectivity index (χ0n) is 8.61. The molecule has 0 aromatic carbocycles. The smallest absolute Gasteiger partial charge is 0.0601 e.